The number of anilines is 1. The molecule has 0 saturated carbocycles. The third-order valence-corrected chi connectivity index (χ3v) is 3.75. The summed E-state index contributed by atoms with van der Waals surface area (Å²) in [4.78, 5) is 0. The molecule has 0 fully saturated rings. The van der Waals surface area contributed by atoms with E-state index in [9.17, 15) is 4.39 Å². The summed E-state index contributed by atoms with van der Waals surface area (Å²) in [5, 5.41) is 3.35. The van der Waals surface area contributed by atoms with Crippen molar-refractivity contribution in [1.29, 1.82) is 0 Å². The van der Waals surface area contributed by atoms with Crippen molar-refractivity contribution in [2.24, 2.45) is 5.73 Å². The van der Waals surface area contributed by atoms with E-state index < -0.39 is 0 Å². The number of benzene rings is 2. The SMILES string of the molecule is Cc1cc(C)cc(C(CN)Nc2ccc(F)c(Br)c2)c1. The van der Waals surface area contributed by atoms with Crippen molar-refractivity contribution in [2.45, 2.75) is 19.9 Å². The summed E-state index contributed by atoms with van der Waals surface area (Å²) in [5.41, 5.74) is 10.3. The molecule has 0 radical (unpaired) electrons. The topological polar surface area (TPSA) is 38.0 Å². The Morgan fingerprint density at radius 3 is 2.35 bits per heavy atom. The van der Waals surface area contributed by atoms with Gasteiger partial charge in [0.2, 0.25) is 0 Å². The van der Waals surface area contributed by atoms with Crippen molar-refractivity contribution in [3.63, 3.8) is 0 Å². The Hall–Kier alpha value is -1.39. The third-order valence-electron chi connectivity index (χ3n) is 3.14. The van der Waals surface area contributed by atoms with E-state index in [0.29, 0.717) is 11.0 Å². The van der Waals surface area contributed by atoms with Gasteiger partial charge in [0, 0.05) is 12.2 Å². The van der Waals surface area contributed by atoms with Crippen molar-refractivity contribution in [2.75, 3.05) is 11.9 Å². The van der Waals surface area contributed by atoms with Crippen LogP contribution in [0.4, 0.5) is 10.1 Å². The van der Waals surface area contributed by atoms with E-state index in [1.54, 1.807) is 12.1 Å². The molecule has 1 atom stereocenters. The molecule has 2 nitrogen and oxygen atoms in total. The molecule has 0 spiro atoms. The van der Waals surface area contributed by atoms with E-state index in [0.717, 1.165) is 11.3 Å². The van der Waals surface area contributed by atoms with Crippen molar-refractivity contribution in [1.82, 2.24) is 0 Å². The summed E-state index contributed by atoms with van der Waals surface area (Å²) < 4.78 is 13.7. The van der Waals surface area contributed by atoms with Gasteiger partial charge in [0.05, 0.1) is 10.5 Å². The molecule has 4 heteroatoms. The first-order chi connectivity index (χ1) is 9.49. The van der Waals surface area contributed by atoms with Gasteiger partial charge in [-0.15, -0.1) is 0 Å². The third kappa shape index (κ3) is 3.58. The van der Waals surface area contributed by atoms with Crippen LogP contribution in [0.5, 0.6) is 0 Å². The Bertz CT molecular complexity index is 593. The van der Waals surface area contributed by atoms with Gasteiger partial charge in [0.25, 0.3) is 0 Å². The normalized spacial score (nSPS) is 12.2. The number of halogens is 2. The van der Waals surface area contributed by atoms with Crippen molar-refractivity contribution >= 4 is 21.6 Å². The van der Waals surface area contributed by atoms with Crippen LogP contribution in [-0.4, -0.2) is 6.54 Å². The maximum atomic E-state index is 13.2. The second-order valence-electron chi connectivity index (χ2n) is 4.98. The Morgan fingerprint density at radius 1 is 1.15 bits per heavy atom. The molecule has 0 aliphatic carbocycles. The lowest BCUT2D eigenvalue weighted by Gasteiger charge is -2.20. The van der Waals surface area contributed by atoms with Crippen LogP contribution in [0.3, 0.4) is 0 Å². The largest absolute Gasteiger partial charge is 0.377 e. The summed E-state index contributed by atoms with van der Waals surface area (Å²) in [7, 11) is 0. The molecule has 0 bridgehead atoms. The molecule has 106 valence electrons. The summed E-state index contributed by atoms with van der Waals surface area (Å²) in [6.45, 7) is 4.61. The summed E-state index contributed by atoms with van der Waals surface area (Å²) in [6, 6.07) is 11.2. The Balaban J connectivity index is 2.26. The Kier molecular flexibility index (Phi) is 4.78. The minimum atomic E-state index is -0.272. The maximum Gasteiger partial charge on any atom is 0.137 e. The fourth-order valence-electron chi connectivity index (χ4n) is 2.28. The molecule has 0 aliphatic heterocycles. The van der Waals surface area contributed by atoms with Crippen molar-refractivity contribution in [3.05, 3.63) is 63.4 Å². The Labute approximate surface area is 127 Å². The fraction of sp³-hybridized carbons (Fsp3) is 0.250. The highest BCUT2D eigenvalue weighted by Crippen LogP contribution is 2.25. The van der Waals surface area contributed by atoms with Crippen LogP contribution >= 0.6 is 15.9 Å². The fourth-order valence-corrected chi connectivity index (χ4v) is 2.66. The lowest BCUT2D eigenvalue weighted by Crippen LogP contribution is -2.20. The van der Waals surface area contributed by atoms with Gasteiger partial charge in [-0.05, 0) is 53.5 Å². The Morgan fingerprint density at radius 2 is 1.80 bits per heavy atom. The van der Waals surface area contributed by atoms with Crippen molar-refractivity contribution < 1.29 is 4.39 Å². The maximum absolute atomic E-state index is 13.2. The zero-order valence-electron chi connectivity index (χ0n) is 11.6. The van der Waals surface area contributed by atoms with Gasteiger partial charge in [-0.2, -0.15) is 0 Å². The second kappa shape index (κ2) is 6.37. The van der Waals surface area contributed by atoms with Gasteiger partial charge in [-0.3, -0.25) is 0 Å². The van der Waals surface area contributed by atoms with E-state index in [2.05, 4.69) is 53.3 Å². The summed E-state index contributed by atoms with van der Waals surface area (Å²) in [5.74, 6) is -0.272. The minimum absolute atomic E-state index is 0.00552. The average molecular weight is 337 g/mol. The zero-order chi connectivity index (χ0) is 14.7. The molecule has 2 aromatic carbocycles. The van der Waals surface area contributed by atoms with Crippen LogP contribution in [0.25, 0.3) is 0 Å². The highest BCUT2D eigenvalue weighted by Gasteiger charge is 2.11. The van der Waals surface area contributed by atoms with Gasteiger partial charge >= 0.3 is 0 Å². The first kappa shape index (κ1) is 15.0. The predicted molar refractivity (Wildman–Crippen MR) is 85.4 cm³/mol. The molecule has 0 aliphatic rings. The van der Waals surface area contributed by atoms with Crippen molar-refractivity contribution in [3.8, 4) is 0 Å². The number of nitrogens with one attached hydrogen (secondary N) is 1. The van der Waals surface area contributed by atoms with Crippen LogP contribution in [0.2, 0.25) is 0 Å². The minimum Gasteiger partial charge on any atom is -0.377 e. The number of nitrogens with two attached hydrogens (primary N) is 1. The molecule has 1 unspecified atom stereocenters. The van der Waals surface area contributed by atoms with Crippen LogP contribution in [0.1, 0.15) is 22.7 Å². The number of rotatable bonds is 4. The molecule has 0 aromatic heterocycles. The molecule has 0 saturated heterocycles. The first-order valence-electron chi connectivity index (χ1n) is 6.49. The molecule has 0 amide bonds. The predicted octanol–water partition coefficient (Wildman–Crippen LogP) is 4.32. The van der Waals surface area contributed by atoms with E-state index in [4.69, 9.17) is 5.73 Å². The molecule has 2 rings (SSSR count). The van der Waals surface area contributed by atoms with Crippen LogP contribution in [-0.2, 0) is 0 Å². The van der Waals surface area contributed by atoms with Gasteiger partial charge < -0.3 is 11.1 Å². The van der Waals surface area contributed by atoms with E-state index in [-0.39, 0.29) is 11.9 Å². The summed E-state index contributed by atoms with van der Waals surface area (Å²) in [6.07, 6.45) is 0. The van der Waals surface area contributed by atoms with E-state index >= 15 is 0 Å². The van der Waals surface area contributed by atoms with Gasteiger partial charge in [0.15, 0.2) is 0 Å². The number of hydrogen-bond acceptors (Lipinski definition) is 2. The summed E-state index contributed by atoms with van der Waals surface area (Å²) >= 11 is 3.19. The lowest BCUT2D eigenvalue weighted by atomic mass is 10.0. The molecular formula is C16H18BrFN2. The highest BCUT2D eigenvalue weighted by atomic mass is 79.9. The molecule has 2 aromatic rings. The van der Waals surface area contributed by atoms with Crippen LogP contribution in [0.15, 0.2) is 40.9 Å². The highest BCUT2D eigenvalue weighted by molar-refractivity contribution is 9.10. The van der Waals surface area contributed by atoms with Gasteiger partial charge in [0.1, 0.15) is 5.82 Å². The molecular weight excluding hydrogens is 319 g/mol. The standard InChI is InChI=1S/C16H18BrFN2/c1-10-5-11(2)7-12(6-10)16(9-19)20-13-3-4-15(18)14(17)8-13/h3-8,16,20H,9,19H2,1-2H3. The lowest BCUT2D eigenvalue weighted by molar-refractivity contribution is 0.621. The smallest absolute Gasteiger partial charge is 0.137 e. The van der Waals surface area contributed by atoms with E-state index in [1.807, 2.05) is 0 Å². The van der Waals surface area contributed by atoms with Gasteiger partial charge in [-0.25, -0.2) is 4.39 Å². The van der Waals surface area contributed by atoms with Crippen LogP contribution < -0.4 is 11.1 Å². The monoisotopic (exact) mass is 336 g/mol. The van der Waals surface area contributed by atoms with E-state index in [1.165, 1.54) is 17.2 Å². The number of hydrogen-bond donors (Lipinski definition) is 2. The molecule has 0 heterocycles. The van der Waals surface area contributed by atoms with Crippen LogP contribution in [0, 0.1) is 19.7 Å². The van der Waals surface area contributed by atoms with Gasteiger partial charge in [-0.1, -0.05) is 29.3 Å². The first-order valence-corrected chi connectivity index (χ1v) is 7.28. The molecule has 3 N–H and O–H groups in total. The number of aryl methyl sites for hydroxylation is 2. The zero-order valence-corrected chi connectivity index (χ0v) is 13.2. The second-order valence-corrected chi connectivity index (χ2v) is 5.84. The average Bonchev–Trinajstić information content (AvgIpc) is 2.38. The quantitative estimate of drug-likeness (QED) is 0.872. The molecule has 20 heavy (non-hydrogen) atoms.